The zero-order valence-corrected chi connectivity index (χ0v) is 16.3. The van der Waals surface area contributed by atoms with Gasteiger partial charge < -0.3 is 5.32 Å². The van der Waals surface area contributed by atoms with Crippen LogP contribution in [0.3, 0.4) is 0 Å². The molecule has 7 nitrogen and oxygen atoms in total. The molecule has 1 amide bonds. The van der Waals surface area contributed by atoms with E-state index in [0.717, 1.165) is 21.5 Å². The van der Waals surface area contributed by atoms with Crippen LogP contribution >= 0.6 is 23.1 Å². The summed E-state index contributed by atoms with van der Waals surface area (Å²) in [6.45, 7) is 3.84. The number of nitrogens with one attached hydrogen (secondary N) is 1. The Kier molecular flexibility index (Phi) is 4.87. The number of hydrogen-bond donors (Lipinski definition) is 1. The van der Waals surface area contributed by atoms with E-state index in [1.54, 1.807) is 4.68 Å². The Labute approximate surface area is 163 Å². The van der Waals surface area contributed by atoms with Gasteiger partial charge in [0.15, 0.2) is 5.13 Å². The van der Waals surface area contributed by atoms with E-state index >= 15 is 0 Å². The van der Waals surface area contributed by atoms with E-state index in [1.165, 1.54) is 23.1 Å². The fraction of sp³-hybridized carbons (Fsp3) is 0.167. The van der Waals surface area contributed by atoms with Crippen molar-refractivity contribution in [3.05, 3.63) is 54.1 Å². The average Bonchev–Trinajstić information content (AvgIpc) is 3.28. The lowest BCUT2D eigenvalue weighted by molar-refractivity contribution is -0.115. The number of thiazole rings is 1. The normalized spacial score (nSPS) is 12.2. The van der Waals surface area contributed by atoms with Crippen molar-refractivity contribution in [1.82, 2.24) is 25.2 Å². The number of carbonyl (C=O) groups is 1. The van der Waals surface area contributed by atoms with Gasteiger partial charge in [-0.3, -0.25) is 4.79 Å². The number of aryl methyl sites for hydroxylation is 1. The molecule has 0 spiro atoms. The van der Waals surface area contributed by atoms with Gasteiger partial charge >= 0.3 is 0 Å². The molecule has 0 fully saturated rings. The van der Waals surface area contributed by atoms with E-state index < -0.39 is 0 Å². The van der Waals surface area contributed by atoms with Gasteiger partial charge in [0.2, 0.25) is 11.1 Å². The van der Waals surface area contributed by atoms with Gasteiger partial charge in [0.1, 0.15) is 0 Å². The van der Waals surface area contributed by atoms with Gasteiger partial charge in [-0.25, -0.2) is 4.98 Å². The molecule has 136 valence electrons. The molecule has 0 aliphatic carbocycles. The highest BCUT2D eigenvalue weighted by molar-refractivity contribution is 8.00. The van der Waals surface area contributed by atoms with Gasteiger partial charge in [0, 0.05) is 0 Å². The molecule has 0 aliphatic heterocycles. The second-order valence-corrected chi connectivity index (χ2v) is 8.28. The number of thioether (sulfide) groups is 1. The summed E-state index contributed by atoms with van der Waals surface area (Å²) in [7, 11) is 0. The zero-order valence-electron chi connectivity index (χ0n) is 14.7. The van der Waals surface area contributed by atoms with Crippen LogP contribution in [0.1, 0.15) is 12.5 Å². The van der Waals surface area contributed by atoms with E-state index in [4.69, 9.17) is 0 Å². The maximum absolute atomic E-state index is 12.6. The zero-order chi connectivity index (χ0) is 18.8. The van der Waals surface area contributed by atoms with Crippen LogP contribution in [0.5, 0.6) is 0 Å². The van der Waals surface area contributed by atoms with Crippen LogP contribution in [0.15, 0.2) is 53.7 Å². The van der Waals surface area contributed by atoms with Crippen molar-refractivity contribution in [1.29, 1.82) is 0 Å². The standard InChI is InChI=1S/C18H16N6OS2/c1-11-7-9-13(10-8-11)24-18(21-22-23-24)26-12(2)16(25)20-17-19-14-5-3-4-6-15(14)27-17/h3-10,12H,1-2H3,(H,19,20,25). The maximum Gasteiger partial charge on any atom is 0.239 e. The number of carbonyl (C=O) groups excluding carboxylic acids is 1. The van der Waals surface area contributed by atoms with Gasteiger partial charge in [-0.15, -0.1) is 5.10 Å². The van der Waals surface area contributed by atoms with Crippen LogP contribution in [0.25, 0.3) is 15.9 Å². The van der Waals surface area contributed by atoms with Gasteiger partial charge in [0.25, 0.3) is 0 Å². The first kappa shape index (κ1) is 17.6. The van der Waals surface area contributed by atoms with Gasteiger partial charge in [-0.1, -0.05) is 52.9 Å². The summed E-state index contributed by atoms with van der Waals surface area (Å²) in [5.74, 6) is -0.141. The van der Waals surface area contributed by atoms with Crippen molar-refractivity contribution in [2.24, 2.45) is 0 Å². The molecule has 1 atom stereocenters. The fourth-order valence-corrected chi connectivity index (χ4v) is 4.12. The second kappa shape index (κ2) is 7.45. The monoisotopic (exact) mass is 396 g/mol. The predicted molar refractivity (Wildman–Crippen MR) is 107 cm³/mol. The Hall–Kier alpha value is -2.78. The van der Waals surface area contributed by atoms with Crippen LogP contribution < -0.4 is 5.32 Å². The molecule has 0 saturated carbocycles. The van der Waals surface area contributed by atoms with Crippen LogP contribution in [-0.2, 0) is 4.79 Å². The molecule has 0 saturated heterocycles. The summed E-state index contributed by atoms with van der Waals surface area (Å²) in [4.78, 5) is 17.0. The molecule has 2 aromatic heterocycles. The topological polar surface area (TPSA) is 85.6 Å². The third-order valence-corrected chi connectivity index (χ3v) is 5.88. The molecule has 2 aromatic carbocycles. The van der Waals surface area contributed by atoms with Crippen molar-refractivity contribution in [2.45, 2.75) is 24.3 Å². The molecule has 1 N–H and O–H groups in total. The Morgan fingerprint density at radius 3 is 2.74 bits per heavy atom. The van der Waals surface area contributed by atoms with Crippen molar-refractivity contribution in [3.8, 4) is 5.69 Å². The van der Waals surface area contributed by atoms with Gasteiger partial charge in [-0.05, 0) is 48.5 Å². The largest absolute Gasteiger partial charge is 0.301 e. The lowest BCUT2D eigenvalue weighted by Crippen LogP contribution is -2.22. The molecule has 1 unspecified atom stereocenters. The first-order chi connectivity index (χ1) is 13.1. The maximum atomic E-state index is 12.6. The number of aromatic nitrogens is 5. The molecule has 9 heteroatoms. The number of para-hydroxylation sites is 1. The SMILES string of the molecule is Cc1ccc(-n2nnnc2SC(C)C(=O)Nc2nc3ccccc3s2)cc1. The molecule has 27 heavy (non-hydrogen) atoms. The lowest BCUT2D eigenvalue weighted by Gasteiger charge is -2.10. The summed E-state index contributed by atoms with van der Waals surface area (Å²) in [6.07, 6.45) is 0. The van der Waals surface area contributed by atoms with Gasteiger partial charge in [0.05, 0.1) is 21.2 Å². The molecule has 0 bridgehead atoms. The third-order valence-electron chi connectivity index (χ3n) is 3.89. The minimum Gasteiger partial charge on any atom is -0.301 e. The Morgan fingerprint density at radius 1 is 1.19 bits per heavy atom. The Morgan fingerprint density at radius 2 is 1.96 bits per heavy atom. The molecular formula is C18H16N6OS2. The second-order valence-electron chi connectivity index (χ2n) is 5.94. The number of hydrogen-bond acceptors (Lipinski definition) is 7. The molecule has 0 radical (unpaired) electrons. The third kappa shape index (κ3) is 3.83. The minimum absolute atomic E-state index is 0.141. The van der Waals surface area contributed by atoms with Crippen LogP contribution in [0.2, 0.25) is 0 Å². The van der Waals surface area contributed by atoms with Crippen LogP contribution in [-0.4, -0.2) is 36.3 Å². The van der Waals surface area contributed by atoms with E-state index in [-0.39, 0.29) is 11.2 Å². The summed E-state index contributed by atoms with van der Waals surface area (Å²) < 4.78 is 2.67. The highest BCUT2D eigenvalue weighted by Crippen LogP contribution is 2.27. The van der Waals surface area contributed by atoms with E-state index in [9.17, 15) is 4.79 Å². The van der Waals surface area contributed by atoms with Crippen molar-refractivity contribution < 1.29 is 4.79 Å². The lowest BCUT2D eigenvalue weighted by atomic mass is 10.2. The number of rotatable bonds is 5. The van der Waals surface area contributed by atoms with E-state index in [2.05, 4.69) is 25.8 Å². The first-order valence-corrected chi connectivity index (χ1v) is 9.98. The number of nitrogens with zero attached hydrogens (tertiary/aromatic N) is 5. The van der Waals surface area contributed by atoms with Crippen molar-refractivity contribution >= 4 is 44.4 Å². The van der Waals surface area contributed by atoms with Crippen molar-refractivity contribution in [3.63, 3.8) is 0 Å². The summed E-state index contributed by atoms with van der Waals surface area (Å²) in [5.41, 5.74) is 2.89. The van der Waals surface area contributed by atoms with Gasteiger partial charge in [-0.2, -0.15) is 4.68 Å². The minimum atomic E-state index is -0.382. The fourth-order valence-electron chi connectivity index (χ4n) is 2.44. The number of anilines is 1. The molecule has 0 aliphatic rings. The van der Waals surface area contributed by atoms with Crippen LogP contribution in [0.4, 0.5) is 5.13 Å². The van der Waals surface area contributed by atoms with E-state index in [0.29, 0.717) is 10.3 Å². The molecule has 2 heterocycles. The Balaban J connectivity index is 1.47. The summed E-state index contributed by atoms with van der Waals surface area (Å²) >= 11 is 2.76. The van der Waals surface area contributed by atoms with Crippen molar-refractivity contribution in [2.75, 3.05) is 5.32 Å². The molecule has 4 aromatic rings. The summed E-state index contributed by atoms with van der Waals surface area (Å²) in [5, 5.41) is 15.5. The quantitative estimate of drug-likeness (QED) is 0.518. The predicted octanol–water partition coefficient (Wildman–Crippen LogP) is 3.70. The van der Waals surface area contributed by atoms with Crippen LogP contribution in [0, 0.1) is 6.92 Å². The average molecular weight is 397 g/mol. The molecule has 4 rings (SSSR count). The highest BCUT2D eigenvalue weighted by Gasteiger charge is 2.20. The molecular weight excluding hydrogens is 380 g/mol. The first-order valence-electron chi connectivity index (χ1n) is 8.28. The number of amides is 1. The smallest absolute Gasteiger partial charge is 0.239 e. The number of tetrazole rings is 1. The number of fused-ring (bicyclic) bond motifs is 1. The Bertz CT molecular complexity index is 1060. The van der Waals surface area contributed by atoms with E-state index in [1.807, 2.05) is 62.4 Å². The number of benzene rings is 2. The summed E-state index contributed by atoms with van der Waals surface area (Å²) in [6, 6.07) is 15.7. The highest BCUT2D eigenvalue weighted by atomic mass is 32.2.